The van der Waals surface area contributed by atoms with E-state index >= 15 is 0 Å². The monoisotopic (exact) mass is 500 g/mol. The van der Waals surface area contributed by atoms with Crippen LogP contribution in [0.15, 0.2) is 97.1 Å². The highest BCUT2D eigenvalue weighted by molar-refractivity contribution is 6.23. The highest BCUT2D eigenvalue weighted by atomic mass is 16.5. The van der Waals surface area contributed by atoms with Gasteiger partial charge in [-0.2, -0.15) is 0 Å². The first kappa shape index (κ1) is 22.5. The highest BCUT2D eigenvalue weighted by Crippen LogP contribution is 2.61. The lowest BCUT2D eigenvalue weighted by molar-refractivity contribution is -0.122. The first-order valence-corrected chi connectivity index (χ1v) is 12.7. The van der Waals surface area contributed by atoms with Crippen molar-refractivity contribution in [3.63, 3.8) is 0 Å². The minimum atomic E-state index is -0.466. The first-order chi connectivity index (χ1) is 18.6. The summed E-state index contributed by atoms with van der Waals surface area (Å²) >= 11 is 0. The third kappa shape index (κ3) is 3.16. The average molecular weight is 501 g/mol. The van der Waals surface area contributed by atoms with Crippen molar-refractivity contribution in [1.29, 1.82) is 0 Å². The van der Waals surface area contributed by atoms with Crippen molar-refractivity contribution in [1.82, 2.24) is 0 Å². The van der Waals surface area contributed by atoms with E-state index in [1.165, 1.54) is 4.90 Å². The van der Waals surface area contributed by atoms with Crippen LogP contribution >= 0.6 is 0 Å². The van der Waals surface area contributed by atoms with Crippen molar-refractivity contribution in [2.24, 2.45) is 11.8 Å². The number of amides is 3. The van der Waals surface area contributed by atoms with Gasteiger partial charge >= 0.3 is 0 Å². The van der Waals surface area contributed by atoms with Crippen LogP contribution in [0.1, 0.15) is 44.4 Å². The van der Waals surface area contributed by atoms with Crippen molar-refractivity contribution in [2.45, 2.75) is 11.8 Å². The fourth-order valence-electron chi connectivity index (χ4n) is 6.62. The van der Waals surface area contributed by atoms with Gasteiger partial charge in [-0.15, -0.1) is 0 Å². The molecule has 4 aromatic carbocycles. The second kappa shape index (κ2) is 8.42. The van der Waals surface area contributed by atoms with Crippen LogP contribution in [-0.2, 0) is 9.59 Å². The summed E-state index contributed by atoms with van der Waals surface area (Å²) in [5, 5.41) is 2.86. The third-order valence-electron chi connectivity index (χ3n) is 8.14. The van der Waals surface area contributed by atoms with Gasteiger partial charge < -0.3 is 10.1 Å². The number of nitrogens with zero attached hydrogens (tertiary/aromatic N) is 1. The molecule has 2 atom stereocenters. The van der Waals surface area contributed by atoms with Gasteiger partial charge in [0, 0.05) is 29.2 Å². The van der Waals surface area contributed by atoms with Crippen molar-refractivity contribution in [2.75, 3.05) is 17.3 Å². The fraction of sp³-hybridized carbons (Fsp3) is 0.156. The molecule has 0 unspecified atom stereocenters. The zero-order chi connectivity index (χ0) is 26.0. The minimum Gasteiger partial charge on any atom is -0.497 e. The largest absolute Gasteiger partial charge is 0.497 e. The molecule has 8 rings (SSSR count). The Hall–Kier alpha value is -4.71. The van der Waals surface area contributed by atoms with E-state index in [1.807, 2.05) is 24.3 Å². The Kier molecular flexibility index (Phi) is 4.98. The predicted octanol–water partition coefficient (Wildman–Crippen LogP) is 5.34. The topological polar surface area (TPSA) is 75.7 Å². The van der Waals surface area contributed by atoms with E-state index in [0.717, 1.165) is 22.3 Å². The molecular weight excluding hydrogens is 476 g/mol. The number of methoxy groups -OCH3 is 1. The molecule has 0 saturated carbocycles. The Bertz CT molecular complexity index is 1530. The standard InChI is InChI=1S/C32H24N2O4/c1-38-21-11-7-9-19(17-21)33-30(35)18-8-6-10-20(16-18)34-31(36)28-26-22-12-2-3-13-23(22)27(29(28)32(34)37)25-15-5-4-14-24(25)26/h2-17,26-29H,1H3,(H,33,35)/t26?,27?,28-,29-/m1/s1. The van der Waals surface area contributed by atoms with Crippen LogP contribution in [0.3, 0.4) is 0 Å². The second-order valence-electron chi connectivity index (χ2n) is 10.0. The number of ether oxygens (including phenoxy) is 1. The molecule has 6 heteroatoms. The van der Waals surface area contributed by atoms with E-state index in [-0.39, 0.29) is 29.6 Å². The molecule has 0 radical (unpaired) electrons. The van der Waals surface area contributed by atoms with E-state index in [1.54, 1.807) is 55.6 Å². The van der Waals surface area contributed by atoms with E-state index in [0.29, 0.717) is 22.7 Å². The predicted molar refractivity (Wildman–Crippen MR) is 143 cm³/mol. The van der Waals surface area contributed by atoms with Crippen LogP contribution < -0.4 is 15.0 Å². The van der Waals surface area contributed by atoms with Crippen LogP contribution in [0.2, 0.25) is 0 Å². The zero-order valence-corrected chi connectivity index (χ0v) is 20.6. The quantitative estimate of drug-likeness (QED) is 0.384. The van der Waals surface area contributed by atoms with Gasteiger partial charge in [-0.3, -0.25) is 14.4 Å². The summed E-state index contributed by atoms with van der Waals surface area (Å²) in [7, 11) is 1.56. The van der Waals surface area contributed by atoms with Crippen molar-refractivity contribution < 1.29 is 19.1 Å². The second-order valence-corrected chi connectivity index (χ2v) is 10.0. The van der Waals surface area contributed by atoms with Gasteiger partial charge in [0.15, 0.2) is 0 Å². The number of imide groups is 1. The van der Waals surface area contributed by atoms with Crippen LogP contribution in [0.4, 0.5) is 11.4 Å². The highest BCUT2D eigenvalue weighted by Gasteiger charge is 2.61. The Labute approximate surface area is 219 Å². The summed E-state index contributed by atoms with van der Waals surface area (Å²) in [6, 6.07) is 30.1. The number of nitrogens with one attached hydrogen (secondary N) is 1. The van der Waals surface area contributed by atoms with Gasteiger partial charge in [0.1, 0.15) is 5.75 Å². The molecule has 4 aromatic rings. The Morgan fingerprint density at radius 1 is 0.711 bits per heavy atom. The van der Waals surface area contributed by atoms with Gasteiger partial charge in [-0.1, -0.05) is 60.7 Å². The molecule has 3 amide bonds. The van der Waals surface area contributed by atoms with E-state index < -0.39 is 11.8 Å². The van der Waals surface area contributed by atoms with Crippen molar-refractivity contribution >= 4 is 29.1 Å². The van der Waals surface area contributed by atoms with E-state index in [4.69, 9.17) is 4.74 Å². The molecule has 1 saturated heterocycles. The lowest BCUT2D eigenvalue weighted by Crippen LogP contribution is -2.41. The van der Waals surface area contributed by atoms with E-state index in [2.05, 4.69) is 29.6 Å². The van der Waals surface area contributed by atoms with Crippen LogP contribution in [-0.4, -0.2) is 24.8 Å². The number of rotatable bonds is 4. The van der Waals surface area contributed by atoms with Gasteiger partial charge in [-0.05, 0) is 52.6 Å². The summed E-state index contributed by atoms with van der Waals surface area (Å²) in [6.07, 6.45) is 0. The summed E-state index contributed by atoms with van der Waals surface area (Å²) in [5.41, 5.74) is 5.89. The molecule has 2 bridgehead atoms. The lowest BCUT2D eigenvalue weighted by Gasteiger charge is -2.45. The summed E-state index contributed by atoms with van der Waals surface area (Å²) < 4.78 is 5.23. The van der Waals surface area contributed by atoms with Gasteiger partial charge in [0.25, 0.3) is 5.91 Å². The number of benzene rings is 4. The number of hydrogen-bond acceptors (Lipinski definition) is 4. The molecule has 1 aliphatic heterocycles. The molecule has 1 N–H and O–H groups in total. The maximum atomic E-state index is 14.0. The smallest absolute Gasteiger partial charge is 0.255 e. The first-order valence-electron chi connectivity index (χ1n) is 12.7. The minimum absolute atomic E-state index is 0.168. The van der Waals surface area contributed by atoms with E-state index in [9.17, 15) is 14.4 Å². The fourth-order valence-corrected chi connectivity index (χ4v) is 6.62. The number of carbonyl (C=O) groups excluding carboxylic acids is 3. The summed E-state index contributed by atoms with van der Waals surface area (Å²) in [5.74, 6) is -1.39. The Morgan fingerprint density at radius 3 is 1.82 bits per heavy atom. The molecule has 6 nitrogen and oxygen atoms in total. The molecule has 38 heavy (non-hydrogen) atoms. The maximum Gasteiger partial charge on any atom is 0.255 e. The van der Waals surface area contributed by atoms with Crippen LogP contribution in [0, 0.1) is 11.8 Å². The number of carbonyl (C=O) groups is 3. The molecule has 3 aliphatic carbocycles. The normalized spacial score (nSPS) is 22.5. The van der Waals surface area contributed by atoms with Crippen molar-refractivity contribution in [3.05, 3.63) is 125 Å². The van der Waals surface area contributed by atoms with Crippen LogP contribution in [0.5, 0.6) is 5.75 Å². The molecule has 0 aromatic heterocycles. The van der Waals surface area contributed by atoms with Gasteiger partial charge in [0.05, 0.1) is 24.6 Å². The third-order valence-corrected chi connectivity index (χ3v) is 8.14. The van der Waals surface area contributed by atoms with Gasteiger partial charge in [-0.25, -0.2) is 4.90 Å². The molecule has 1 fully saturated rings. The SMILES string of the molecule is COc1cccc(NC(=O)c2cccc(N3C(=O)[C@@H]4C5c6ccccc6C(c6ccccc65)[C@H]4C3=O)c2)c1. The molecule has 4 aliphatic rings. The van der Waals surface area contributed by atoms with Gasteiger partial charge in [0.2, 0.25) is 11.8 Å². The van der Waals surface area contributed by atoms with Crippen molar-refractivity contribution in [3.8, 4) is 5.75 Å². The lowest BCUT2D eigenvalue weighted by atomic mass is 9.55. The summed E-state index contributed by atoms with van der Waals surface area (Å²) in [6.45, 7) is 0. The number of anilines is 2. The Balaban J connectivity index is 1.25. The Morgan fingerprint density at radius 2 is 1.26 bits per heavy atom. The number of hydrogen-bond donors (Lipinski definition) is 1. The van der Waals surface area contributed by atoms with Crippen LogP contribution in [0.25, 0.3) is 0 Å². The maximum absolute atomic E-state index is 14.0. The molecule has 1 heterocycles. The molecular formula is C32H24N2O4. The summed E-state index contributed by atoms with van der Waals surface area (Å²) in [4.78, 5) is 42.4. The molecule has 186 valence electrons. The average Bonchev–Trinajstić information content (AvgIpc) is 3.23. The molecule has 0 spiro atoms. The zero-order valence-electron chi connectivity index (χ0n) is 20.6.